The third-order valence-electron chi connectivity index (χ3n) is 2.62. The molecule has 0 saturated heterocycles. The largest absolute Gasteiger partial charge is 0.368 e. The van der Waals surface area contributed by atoms with Gasteiger partial charge < -0.3 is 10.2 Å². The van der Waals surface area contributed by atoms with Crippen LogP contribution < -0.4 is 0 Å². The van der Waals surface area contributed by atoms with Crippen molar-refractivity contribution in [2.45, 2.75) is 44.8 Å². The summed E-state index contributed by atoms with van der Waals surface area (Å²) in [6, 6.07) is 2.23. The Kier molecular flexibility index (Phi) is 8.57. The van der Waals surface area contributed by atoms with E-state index >= 15 is 0 Å². The summed E-state index contributed by atoms with van der Waals surface area (Å²) in [5, 5.41) is 26.5. The van der Waals surface area contributed by atoms with Gasteiger partial charge in [0.25, 0.3) is 0 Å². The Morgan fingerprint density at radius 2 is 1.71 bits per heavy atom. The highest BCUT2D eigenvalue weighted by atomic mass is 128. The smallest absolute Gasteiger partial charge is 0.152 e. The van der Waals surface area contributed by atoms with Gasteiger partial charge in [-0.15, -0.1) is 0 Å². The third-order valence-corrected chi connectivity index (χ3v) is 2.62. The molecule has 0 aromatic rings. The lowest BCUT2D eigenvalue weighted by Crippen LogP contribution is -2.27. The zero-order chi connectivity index (χ0) is 11.0. The fourth-order valence-electron chi connectivity index (χ4n) is 1.94. The van der Waals surface area contributed by atoms with E-state index in [2.05, 4.69) is 43.3 Å². The first kappa shape index (κ1) is 14.9. The normalized spacial score (nSPS) is 19.4. The van der Waals surface area contributed by atoms with Crippen molar-refractivity contribution in [2.24, 2.45) is 5.41 Å². The SMILES string of the molecule is II.N#CC1(CC(O)O)CCCCC1. The molecule has 3 nitrogen and oxygen atoms in total. The molecule has 14 heavy (non-hydrogen) atoms. The van der Waals surface area contributed by atoms with Crippen LogP contribution in [-0.2, 0) is 0 Å². The minimum absolute atomic E-state index is 0.212. The summed E-state index contributed by atoms with van der Waals surface area (Å²) >= 11 is 4.24. The van der Waals surface area contributed by atoms with E-state index in [0.717, 1.165) is 25.7 Å². The standard InChI is InChI=1S/C9H15NO2.I2/c10-7-9(6-8(11)12)4-2-1-3-5-9;1-2/h8,11-12H,1-6H2;. The number of halogens is 2. The van der Waals surface area contributed by atoms with Gasteiger partial charge in [-0.2, -0.15) is 5.26 Å². The van der Waals surface area contributed by atoms with Crippen molar-refractivity contribution in [3.05, 3.63) is 0 Å². The van der Waals surface area contributed by atoms with Crippen LogP contribution in [0.25, 0.3) is 0 Å². The minimum atomic E-state index is -1.33. The first-order valence-corrected chi connectivity index (χ1v) is 10.9. The first-order chi connectivity index (χ1) is 6.68. The number of nitriles is 1. The molecule has 0 bridgehead atoms. The van der Waals surface area contributed by atoms with Gasteiger partial charge in [-0.1, -0.05) is 19.3 Å². The Morgan fingerprint density at radius 3 is 2.07 bits per heavy atom. The first-order valence-electron chi connectivity index (χ1n) is 4.60. The fourth-order valence-corrected chi connectivity index (χ4v) is 1.94. The van der Waals surface area contributed by atoms with E-state index in [1.807, 2.05) is 0 Å². The lowest BCUT2D eigenvalue weighted by atomic mass is 9.73. The molecular weight excluding hydrogens is 408 g/mol. The molecule has 1 fully saturated rings. The molecule has 1 saturated carbocycles. The zero-order valence-corrected chi connectivity index (χ0v) is 12.2. The van der Waals surface area contributed by atoms with Gasteiger partial charge in [0, 0.05) is 43.7 Å². The van der Waals surface area contributed by atoms with Crippen LogP contribution in [0.5, 0.6) is 0 Å². The van der Waals surface area contributed by atoms with Crippen molar-refractivity contribution in [3.8, 4) is 6.07 Å². The number of nitrogens with zero attached hydrogens (tertiary/aromatic N) is 1. The quantitative estimate of drug-likeness (QED) is 0.531. The molecular formula is C9H15I2NO2. The number of aliphatic hydroxyl groups is 2. The number of aliphatic hydroxyl groups excluding tert-OH is 1. The molecule has 0 spiro atoms. The summed E-state index contributed by atoms with van der Waals surface area (Å²) in [7, 11) is 0. The lowest BCUT2D eigenvalue weighted by molar-refractivity contribution is -0.0690. The predicted octanol–water partition coefficient (Wildman–Crippen LogP) is 2.93. The van der Waals surface area contributed by atoms with E-state index in [0.29, 0.717) is 0 Å². The van der Waals surface area contributed by atoms with Crippen LogP contribution in [0, 0.1) is 16.7 Å². The summed E-state index contributed by atoms with van der Waals surface area (Å²) < 4.78 is 0. The lowest BCUT2D eigenvalue weighted by Gasteiger charge is -2.30. The third kappa shape index (κ3) is 5.09. The summed E-state index contributed by atoms with van der Waals surface area (Å²) in [6.45, 7) is 0. The summed E-state index contributed by atoms with van der Waals surface area (Å²) in [4.78, 5) is 0. The second-order valence-electron chi connectivity index (χ2n) is 3.64. The molecule has 0 atom stereocenters. The molecule has 1 aliphatic rings. The van der Waals surface area contributed by atoms with Crippen LogP contribution in [0.4, 0.5) is 0 Å². The van der Waals surface area contributed by atoms with Crippen molar-refractivity contribution in [3.63, 3.8) is 0 Å². The van der Waals surface area contributed by atoms with Crippen molar-refractivity contribution in [1.82, 2.24) is 0 Å². The summed E-state index contributed by atoms with van der Waals surface area (Å²) in [5.41, 5.74) is -0.452. The Labute approximate surface area is 108 Å². The summed E-state index contributed by atoms with van der Waals surface area (Å²) in [6.07, 6.45) is 3.78. The molecule has 0 aromatic heterocycles. The maximum atomic E-state index is 8.92. The van der Waals surface area contributed by atoms with Crippen molar-refractivity contribution in [1.29, 1.82) is 5.26 Å². The van der Waals surface area contributed by atoms with Gasteiger partial charge in [0.05, 0.1) is 11.5 Å². The fraction of sp³-hybridized carbons (Fsp3) is 0.889. The highest BCUT2D eigenvalue weighted by molar-refractivity contribution is 15.0. The van der Waals surface area contributed by atoms with Gasteiger partial charge in [-0.05, 0) is 12.8 Å². The molecule has 0 amide bonds. The number of hydrogen-bond donors (Lipinski definition) is 2. The van der Waals surface area contributed by atoms with Crippen molar-refractivity contribution < 1.29 is 10.2 Å². The van der Waals surface area contributed by atoms with Crippen molar-refractivity contribution in [2.75, 3.05) is 0 Å². The molecule has 0 radical (unpaired) electrons. The van der Waals surface area contributed by atoms with Crippen LogP contribution in [-0.4, -0.2) is 16.5 Å². The van der Waals surface area contributed by atoms with E-state index in [1.165, 1.54) is 6.42 Å². The van der Waals surface area contributed by atoms with Gasteiger partial charge in [-0.25, -0.2) is 0 Å². The van der Waals surface area contributed by atoms with Crippen LogP contribution in [0.15, 0.2) is 0 Å². The second kappa shape index (κ2) is 8.07. The Bertz CT molecular complexity index is 186. The van der Waals surface area contributed by atoms with Gasteiger partial charge >= 0.3 is 0 Å². The molecule has 1 aliphatic carbocycles. The molecule has 1 rings (SSSR count). The average Bonchev–Trinajstić information content (AvgIpc) is 2.21. The molecule has 82 valence electrons. The Hall–Kier alpha value is 0.870. The van der Waals surface area contributed by atoms with Crippen LogP contribution in [0.2, 0.25) is 0 Å². The molecule has 2 N–H and O–H groups in total. The molecule has 0 aliphatic heterocycles. The number of hydrogen-bond acceptors (Lipinski definition) is 3. The maximum Gasteiger partial charge on any atom is 0.152 e. The highest BCUT2D eigenvalue weighted by Crippen LogP contribution is 2.39. The van der Waals surface area contributed by atoms with Crippen LogP contribution in [0.3, 0.4) is 0 Å². The zero-order valence-electron chi connectivity index (χ0n) is 7.92. The van der Waals surface area contributed by atoms with Crippen molar-refractivity contribution >= 4 is 37.2 Å². The highest BCUT2D eigenvalue weighted by Gasteiger charge is 2.33. The Morgan fingerprint density at radius 1 is 1.21 bits per heavy atom. The van der Waals surface area contributed by atoms with Gasteiger partial charge in [0.15, 0.2) is 6.29 Å². The van der Waals surface area contributed by atoms with E-state index in [-0.39, 0.29) is 6.42 Å². The van der Waals surface area contributed by atoms with E-state index < -0.39 is 11.7 Å². The monoisotopic (exact) mass is 423 g/mol. The van der Waals surface area contributed by atoms with Crippen LogP contribution in [0.1, 0.15) is 38.5 Å². The van der Waals surface area contributed by atoms with E-state index in [1.54, 1.807) is 0 Å². The van der Waals surface area contributed by atoms with E-state index in [9.17, 15) is 0 Å². The molecule has 0 heterocycles. The number of rotatable bonds is 2. The summed E-state index contributed by atoms with van der Waals surface area (Å²) in [5.74, 6) is 0. The van der Waals surface area contributed by atoms with E-state index in [4.69, 9.17) is 15.5 Å². The molecule has 5 heteroatoms. The second-order valence-corrected chi connectivity index (χ2v) is 3.64. The molecule has 0 unspecified atom stereocenters. The Balaban J connectivity index is 0.000000791. The van der Waals surface area contributed by atoms with Gasteiger partial charge in [0.1, 0.15) is 0 Å². The topological polar surface area (TPSA) is 64.2 Å². The minimum Gasteiger partial charge on any atom is -0.368 e. The maximum absolute atomic E-state index is 8.92. The van der Waals surface area contributed by atoms with Crippen LogP contribution >= 0.6 is 37.2 Å². The average molecular weight is 423 g/mol. The molecule has 0 aromatic carbocycles. The predicted molar refractivity (Wildman–Crippen MR) is 72.0 cm³/mol. The van der Waals surface area contributed by atoms with Gasteiger partial charge in [0.2, 0.25) is 0 Å². The van der Waals surface area contributed by atoms with Gasteiger partial charge in [-0.3, -0.25) is 0 Å².